The highest BCUT2D eigenvalue weighted by Gasteiger charge is 2.31. The van der Waals surface area contributed by atoms with Gasteiger partial charge in [-0.05, 0) is 171 Å². The first-order valence-corrected chi connectivity index (χ1v) is 36.5. The van der Waals surface area contributed by atoms with Gasteiger partial charge in [0.25, 0.3) is 5.91 Å². The lowest BCUT2D eigenvalue weighted by Gasteiger charge is -2.32. The number of hydrogen-bond acceptors (Lipinski definition) is 13. The van der Waals surface area contributed by atoms with Crippen molar-refractivity contribution in [3.05, 3.63) is 234 Å². The molecule has 570 valence electrons. The van der Waals surface area contributed by atoms with Gasteiger partial charge in [0.05, 0.1) is 40.1 Å². The highest BCUT2D eigenvalue weighted by Crippen LogP contribution is 2.39. The van der Waals surface area contributed by atoms with E-state index < -0.39 is 17.8 Å². The second-order valence-corrected chi connectivity index (χ2v) is 26.6. The van der Waals surface area contributed by atoms with Crippen LogP contribution in [0.1, 0.15) is 78.6 Å². The minimum absolute atomic E-state index is 0. The zero-order valence-corrected chi connectivity index (χ0v) is 60.9. The number of thioether (sulfide) groups is 1. The molecule has 0 spiro atoms. The summed E-state index contributed by atoms with van der Waals surface area (Å²) >= 11 is 1.67. The van der Waals surface area contributed by atoms with E-state index in [4.69, 9.17) is 18.9 Å². The van der Waals surface area contributed by atoms with Crippen molar-refractivity contribution in [1.29, 1.82) is 0 Å². The number of nitrogens with zero attached hydrogens (tertiary/aromatic N) is 4. The number of hydrogen-bond donors (Lipinski definition) is 8. The summed E-state index contributed by atoms with van der Waals surface area (Å²) in [6, 6.07) is 58.1. The van der Waals surface area contributed by atoms with Gasteiger partial charge in [0.15, 0.2) is 11.5 Å². The van der Waals surface area contributed by atoms with E-state index in [0.29, 0.717) is 60.5 Å². The average molecular weight is 1490 g/mol. The number of carbonyl (C=O) groups excluding carboxylic acids is 5. The van der Waals surface area contributed by atoms with Gasteiger partial charge in [-0.15, -0.1) is 11.8 Å². The number of benzene rings is 8. The number of amides is 9. The summed E-state index contributed by atoms with van der Waals surface area (Å²) in [7, 11) is 4.85. The van der Waals surface area contributed by atoms with Crippen LogP contribution in [-0.2, 0) is 30.5 Å². The fourth-order valence-corrected chi connectivity index (χ4v) is 12.9. The number of nitrogens with one attached hydrogen (secondary N) is 8. The Balaban J connectivity index is 0.000000180. The van der Waals surface area contributed by atoms with E-state index in [1.165, 1.54) is 35.4 Å². The van der Waals surface area contributed by atoms with E-state index in [1.54, 1.807) is 74.4 Å². The summed E-state index contributed by atoms with van der Waals surface area (Å²) in [6.07, 6.45) is 3.21. The molecular formula is C81H98F4N12O9S. The molecule has 26 heteroatoms. The first-order valence-electron chi connectivity index (χ1n) is 35.3. The fraction of sp³-hybridized carbons (Fsp3) is 0.346. The molecule has 107 heavy (non-hydrogen) atoms. The molecule has 4 saturated heterocycles. The Morgan fingerprint density at radius 3 is 1.26 bits per heavy atom. The second kappa shape index (κ2) is 42.7. The van der Waals surface area contributed by atoms with Crippen molar-refractivity contribution in [2.75, 3.05) is 120 Å². The van der Waals surface area contributed by atoms with Gasteiger partial charge in [0, 0.05) is 129 Å². The molecule has 4 fully saturated rings. The van der Waals surface area contributed by atoms with Crippen LogP contribution >= 0.6 is 11.8 Å². The van der Waals surface area contributed by atoms with Crippen LogP contribution in [0.2, 0.25) is 0 Å². The number of urea groups is 4. The molecule has 0 aliphatic carbocycles. The molecule has 8 N–H and O–H groups in total. The third-order valence-electron chi connectivity index (χ3n) is 18.0. The molecule has 4 aliphatic heterocycles. The second-order valence-electron chi connectivity index (χ2n) is 25.7. The highest BCUT2D eigenvalue weighted by molar-refractivity contribution is 7.98. The number of ether oxygens (including phenoxy) is 4. The standard InChI is InChI=1S/C22H29N3O4.C20H25N3OS.C19H18F3N3O3.C19H22FN3O.CH4/c1-27-19-13-16(14-20(28-2)21(19)29-3)15-25-11-9-18(10-12-25)24-22(26)23-17-7-5-4-6-8-17;1-25-19-9-5-8-18(14-19)22-20(24)21-17-10-12-23(13-11-17)15-16-6-3-2-4-7-16;20-19(21,22)14-2-1-3-16(12-14)24-18(27)23-15-6-4-13(5-7-15)17(26)25-8-10-28-11-9-25;20-16-6-8-17(9-7-16)21-19(24)22-18-10-12-23(13-11-18)14-15-4-2-1-3-5-15;/h4-8,13-14,18H,9-12,15H2,1-3H3,(H2,23,24,26);2-9,14,17H,10-13,15H2,1H3,(H2,21,22,24);1-7,12H,8-11H2,(H2,23,24,27);1-9,18H,10-14H2,(H2,21,22,24);1H4. The summed E-state index contributed by atoms with van der Waals surface area (Å²) in [6.45, 7) is 10.6. The lowest BCUT2D eigenvalue weighted by Crippen LogP contribution is -2.45. The molecular weight excluding hydrogens is 1390 g/mol. The normalized spacial score (nSPS) is 15.0. The minimum atomic E-state index is -4.49. The SMILES string of the molecule is C.COc1cc(CN2CCC(NC(=O)Nc3ccccc3)CC2)cc(OC)c1OC.CSc1cccc(NC(=O)NC2CCN(Cc3ccccc3)CC2)c1.O=C(Nc1ccc(C(=O)N2CCOCC2)cc1)Nc1cccc(C(F)(F)F)c1.O=C(Nc1ccc(F)cc1)NC1CCN(Cc2ccccc2)CC1. The van der Waals surface area contributed by atoms with Crippen LogP contribution in [-0.4, -0.2) is 161 Å². The van der Waals surface area contributed by atoms with E-state index in [0.717, 1.165) is 131 Å². The van der Waals surface area contributed by atoms with Crippen LogP contribution in [0, 0.1) is 5.82 Å². The molecule has 9 amide bonds. The maximum absolute atomic E-state index is 12.9. The maximum atomic E-state index is 12.9. The predicted molar refractivity (Wildman–Crippen MR) is 415 cm³/mol. The molecule has 0 unspecified atom stereocenters. The third kappa shape index (κ3) is 27.8. The lowest BCUT2D eigenvalue weighted by atomic mass is 10.0. The van der Waals surface area contributed by atoms with Gasteiger partial charge >= 0.3 is 30.3 Å². The van der Waals surface area contributed by atoms with Gasteiger partial charge in [-0.1, -0.05) is 98.4 Å². The van der Waals surface area contributed by atoms with Crippen molar-refractivity contribution in [2.24, 2.45) is 0 Å². The largest absolute Gasteiger partial charge is 0.493 e. The van der Waals surface area contributed by atoms with Crippen LogP contribution in [0.15, 0.2) is 205 Å². The van der Waals surface area contributed by atoms with E-state index in [9.17, 15) is 41.5 Å². The number of halogens is 4. The number of rotatable bonds is 19. The molecule has 12 rings (SSSR count). The molecule has 4 heterocycles. The smallest absolute Gasteiger partial charge is 0.416 e. The van der Waals surface area contributed by atoms with Crippen LogP contribution in [0.4, 0.5) is 65.2 Å². The lowest BCUT2D eigenvalue weighted by molar-refractivity contribution is -0.137. The minimum Gasteiger partial charge on any atom is -0.493 e. The molecule has 8 aromatic carbocycles. The first kappa shape index (κ1) is 82.3. The quantitative estimate of drug-likeness (QED) is 0.0278. The summed E-state index contributed by atoms with van der Waals surface area (Å²) in [5, 5.41) is 22.6. The zero-order chi connectivity index (χ0) is 75.1. The Labute approximate surface area is 628 Å². The van der Waals surface area contributed by atoms with Crippen molar-refractivity contribution >= 4 is 70.2 Å². The molecule has 0 saturated carbocycles. The summed E-state index contributed by atoms with van der Waals surface area (Å²) in [5.41, 5.74) is 6.05. The Kier molecular flexibility index (Phi) is 32.8. The van der Waals surface area contributed by atoms with Gasteiger partial charge in [-0.3, -0.25) is 19.5 Å². The summed E-state index contributed by atoms with van der Waals surface area (Å²) in [5.74, 6) is 1.49. The van der Waals surface area contributed by atoms with E-state index >= 15 is 0 Å². The number of methoxy groups -OCH3 is 3. The van der Waals surface area contributed by atoms with Crippen LogP contribution in [0.3, 0.4) is 0 Å². The van der Waals surface area contributed by atoms with Crippen LogP contribution < -0.4 is 56.7 Å². The number of morpholine rings is 1. The number of likely N-dealkylation sites (tertiary alicyclic amines) is 3. The van der Waals surface area contributed by atoms with Crippen molar-refractivity contribution in [2.45, 2.75) is 94.8 Å². The third-order valence-corrected chi connectivity index (χ3v) is 18.7. The van der Waals surface area contributed by atoms with E-state index in [2.05, 4.69) is 106 Å². The molecule has 4 aliphatic rings. The van der Waals surface area contributed by atoms with Gasteiger partial charge in [0.1, 0.15) is 5.82 Å². The van der Waals surface area contributed by atoms with Crippen molar-refractivity contribution in [1.82, 2.24) is 35.6 Å². The van der Waals surface area contributed by atoms with E-state index in [-0.39, 0.29) is 61.1 Å². The van der Waals surface area contributed by atoms with Gasteiger partial charge in [-0.25, -0.2) is 23.6 Å². The van der Waals surface area contributed by atoms with Crippen LogP contribution in [0.25, 0.3) is 0 Å². The van der Waals surface area contributed by atoms with Crippen molar-refractivity contribution in [3.8, 4) is 17.2 Å². The highest BCUT2D eigenvalue weighted by atomic mass is 32.2. The Bertz CT molecular complexity index is 4010. The predicted octanol–water partition coefficient (Wildman–Crippen LogP) is 15.8. The van der Waals surface area contributed by atoms with Gasteiger partial charge in [-0.2, -0.15) is 13.2 Å². The van der Waals surface area contributed by atoms with Gasteiger partial charge in [0.2, 0.25) is 5.75 Å². The molecule has 0 bridgehead atoms. The monoisotopic (exact) mass is 1490 g/mol. The number of para-hydroxylation sites is 1. The number of anilines is 5. The number of piperidine rings is 3. The van der Waals surface area contributed by atoms with E-state index in [1.807, 2.05) is 85.1 Å². The Hall–Kier alpha value is -10.4. The molecule has 8 aromatic rings. The molecule has 0 aromatic heterocycles. The number of alkyl halides is 3. The molecule has 21 nitrogen and oxygen atoms in total. The summed E-state index contributed by atoms with van der Waals surface area (Å²) in [4.78, 5) is 70.8. The van der Waals surface area contributed by atoms with Gasteiger partial charge < -0.3 is 66.4 Å². The Morgan fingerprint density at radius 1 is 0.439 bits per heavy atom. The maximum Gasteiger partial charge on any atom is 0.416 e. The van der Waals surface area contributed by atoms with Crippen LogP contribution in [0.5, 0.6) is 17.2 Å². The fourth-order valence-electron chi connectivity index (χ4n) is 12.4. The Morgan fingerprint density at radius 2 is 0.822 bits per heavy atom. The van der Waals surface area contributed by atoms with Crippen molar-refractivity contribution < 1.29 is 60.5 Å². The average Bonchev–Trinajstić information content (AvgIpc) is 0.835. The summed E-state index contributed by atoms with van der Waals surface area (Å²) < 4.78 is 72.5. The molecule has 0 atom stereocenters. The first-order chi connectivity index (χ1) is 51.4. The van der Waals surface area contributed by atoms with Crippen molar-refractivity contribution in [3.63, 3.8) is 0 Å². The number of carbonyl (C=O) groups is 5. The molecule has 0 radical (unpaired) electrons. The zero-order valence-electron chi connectivity index (χ0n) is 60.1. The topological polar surface area (TPSA) is 231 Å².